The number of carboxylic acid groups (broad SMARTS) is 1. The van der Waals surface area contributed by atoms with Gasteiger partial charge in [0.25, 0.3) is 0 Å². The third-order valence-corrected chi connectivity index (χ3v) is 4.83. The number of amides is 1. The summed E-state index contributed by atoms with van der Waals surface area (Å²) in [6, 6.07) is -0.907. The SMILES string of the molecule is CC(C)C(NC(=O)C1CCN(S(C)(=O)=O)CC1)C(=O)O. The van der Waals surface area contributed by atoms with Crippen LogP contribution in [0.4, 0.5) is 0 Å². The van der Waals surface area contributed by atoms with Crippen LogP contribution < -0.4 is 5.32 Å². The Bertz CT molecular complexity index is 466. The lowest BCUT2D eigenvalue weighted by Gasteiger charge is -2.30. The first-order valence-electron chi connectivity index (χ1n) is 6.61. The summed E-state index contributed by atoms with van der Waals surface area (Å²) in [5.41, 5.74) is 0. The van der Waals surface area contributed by atoms with Gasteiger partial charge in [0.05, 0.1) is 6.26 Å². The maximum atomic E-state index is 12.0. The molecule has 116 valence electrons. The van der Waals surface area contributed by atoms with Gasteiger partial charge in [0.2, 0.25) is 15.9 Å². The summed E-state index contributed by atoms with van der Waals surface area (Å²) in [6.45, 7) is 4.06. The zero-order valence-electron chi connectivity index (χ0n) is 12.0. The van der Waals surface area contributed by atoms with Crippen molar-refractivity contribution in [2.45, 2.75) is 32.7 Å². The molecule has 20 heavy (non-hydrogen) atoms. The molecule has 0 saturated carbocycles. The number of hydrogen-bond acceptors (Lipinski definition) is 4. The molecule has 0 aromatic heterocycles. The molecule has 0 aliphatic carbocycles. The molecule has 0 spiro atoms. The quantitative estimate of drug-likeness (QED) is 0.737. The van der Waals surface area contributed by atoms with E-state index in [1.165, 1.54) is 4.31 Å². The van der Waals surface area contributed by atoms with E-state index < -0.39 is 22.0 Å². The molecule has 0 radical (unpaired) electrons. The van der Waals surface area contributed by atoms with Crippen molar-refractivity contribution < 1.29 is 23.1 Å². The van der Waals surface area contributed by atoms with Gasteiger partial charge >= 0.3 is 5.97 Å². The van der Waals surface area contributed by atoms with E-state index in [2.05, 4.69) is 5.32 Å². The molecule has 1 fully saturated rings. The lowest BCUT2D eigenvalue weighted by molar-refractivity contribution is -0.144. The first kappa shape index (κ1) is 16.9. The van der Waals surface area contributed by atoms with Gasteiger partial charge in [-0.1, -0.05) is 13.8 Å². The Morgan fingerprint density at radius 2 is 1.75 bits per heavy atom. The summed E-state index contributed by atoms with van der Waals surface area (Å²) in [7, 11) is -3.22. The average Bonchev–Trinajstić information content (AvgIpc) is 2.34. The topological polar surface area (TPSA) is 104 Å². The minimum atomic E-state index is -3.22. The van der Waals surface area contributed by atoms with Crippen LogP contribution in [0.15, 0.2) is 0 Å². The van der Waals surface area contributed by atoms with E-state index in [0.29, 0.717) is 25.9 Å². The minimum Gasteiger partial charge on any atom is -0.480 e. The van der Waals surface area contributed by atoms with Crippen molar-refractivity contribution in [3.05, 3.63) is 0 Å². The molecule has 7 nitrogen and oxygen atoms in total. The van der Waals surface area contributed by atoms with Crippen LogP contribution in [0.2, 0.25) is 0 Å². The van der Waals surface area contributed by atoms with Crippen LogP contribution in [0.25, 0.3) is 0 Å². The molecule has 1 aliphatic rings. The van der Waals surface area contributed by atoms with Crippen LogP contribution in [0.5, 0.6) is 0 Å². The van der Waals surface area contributed by atoms with Gasteiger partial charge in [-0.2, -0.15) is 0 Å². The Kier molecular flexibility index (Phi) is 5.52. The van der Waals surface area contributed by atoms with Crippen LogP contribution >= 0.6 is 0 Å². The Morgan fingerprint density at radius 3 is 2.10 bits per heavy atom. The highest BCUT2D eigenvalue weighted by atomic mass is 32.2. The summed E-state index contributed by atoms with van der Waals surface area (Å²) in [4.78, 5) is 23.1. The van der Waals surface area contributed by atoms with Gasteiger partial charge in [-0.3, -0.25) is 4.79 Å². The summed E-state index contributed by atoms with van der Waals surface area (Å²) >= 11 is 0. The van der Waals surface area contributed by atoms with Crippen LogP contribution in [0.3, 0.4) is 0 Å². The monoisotopic (exact) mass is 306 g/mol. The van der Waals surface area contributed by atoms with Crippen LogP contribution in [-0.4, -0.2) is 55.1 Å². The van der Waals surface area contributed by atoms with Gasteiger partial charge < -0.3 is 10.4 Å². The number of sulfonamides is 1. The minimum absolute atomic E-state index is 0.201. The number of rotatable bonds is 5. The molecule has 0 bridgehead atoms. The van der Waals surface area contributed by atoms with E-state index in [9.17, 15) is 18.0 Å². The first-order valence-corrected chi connectivity index (χ1v) is 8.46. The van der Waals surface area contributed by atoms with E-state index in [1.807, 2.05) is 0 Å². The molecule has 8 heteroatoms. The average molecular weight is 306 g/mol. The molecular weight excluding hydrogens is 284 g/mol. The third kappa shape index (κ3) is 4.45. The second-order valence-electron chi connectivity index (χ2n) is 5.50. The largest absolute Gasteiger partial charge is 0.480 e. The molecule has 1 heterocycles. The maximum absolute atomic E-state index is 12.0. The van der Waals surface area contributed by atoms with E-state index >= 15 is 0 Å². The lowest BCUT2D eigenvalue weighted by atomic mass is 9.95. The highest BCUT2D eigenvalue weighted by Crippen LogP contribution is 2.19. The molecule has 2 N–H and O–H groups in total. The molecular formula is C12H22N2O5S. The standard InChI is InChI=1S/C12H22N2O5S/c1-8(2)10(12(16)17)13-11(15)9-4-6-14(7-5-9)20(3,18)19/h8-10H,4-7H2,1-3H3,(H,13,15)(H,16,17). The molecule has 1 rings (SSSR count). The van der Waals surface area contributed by atoms with Gasteiger partial charge in [-0.25, -0.2) is 17.5 Å². The number of hydrogen-bond donors (Lipinski definition) is 2. The van der Waals surface area contributed by atoms with Crippen molar-refractivity contribution in [1.82, 2.24) is 9.62 Å². The number of aliphatic carboxylic acids is 1. The normalized spacial score (nSPS) is 19.8. The number of carbonyl (C=O) groups is 2. The third-order valence-electron chi connectivity index (χ3n) is 3.52. The van der Waals surface area contributed by atoms with Crippen LogP contribution in [-0.2, 0) is 19.6 Å². The second-order valence-corrected chi connectivity index (χ2v) is 7.49. The van der Waals surface area contributed by atoms with Gasteiger partial charge in [0, 0.05) is 19.0 Å². The summed E-state index contributed by atoms with van der Waals surface area (Å²) in [6.07, 6.45) is 1.99. The maximum Gasteiger partial charge on any atom is 0.326 e. The molecule has 1 saturated heterocycles. The molecule has 0 aromatic carbocycles. The van der Waals surface area contributed by atoms with E-state index in [4.69, 9.17) is 5.11 Å². The molecule has 1 atom stereocenters. The van der Waals surface area contributed by atoms with E-state index in [0.717, 1.165) is 6.26 Å². The summed E-state index contributed by atoms with van der Waals surface area (Å²) < 4.78 is 24.1. The lowest BCUT2D eigenvalue weighted by Crippen LogP contribution is -2.49. The number of nitrogens with one attached hydrogen (secondary N) is 1. The van der Waals surface area contributed by atoms with Gasteiger partial charge in [0.15, 0.2) is 0 Å². The predicted molar refractivity (Wildman–Crippen MR) is 73.5 cm³/mol. The Hall–Kier alpha value is -1.15. The molecule has 0 aromatic rings. The fourth-order valence-corrected chi connectivity index (χ4v) is 3.11. The Labute approximate surface area is 119 Å². The van der Waals surface area contributed by atoms with Crippen LogP contribution in [0.1, 0.15) is 26.7 Å². The van der Waals surface area contributed by atoms with Crippen molar-refractivity contribution >= 4 is 21.9 Å². The summed E-state index contributed by atoms with van der Waals surface area (Å²) in [5.74, 6) is -1.89. The van der Waals surface area contributed by atoms with Crippen molar-refractivity contribution in [1.29, 1.82) is 0 Å². The van der Waals surface area contributed by atoms with Crippen molar-refractivity contribution in [3.63, 3.8) is 0 Å². The fourth-order valence-electron chi connectivity index (χ4n) is 2.23. The van der Waals surface area contributed by atoms with Gasteiger partial charge in [-0.15, -0.1) is 0 Å². The van der Waals surface area contributed by atoms with Crippen molar-refractivity contribution in [2.75, 3.05) is 19.3 Å². The number of nitrogens with zero attached hydrogens (tertiary/aromatic N) is 1. The van der Waals surface area contributed by atoms with Crippen molar-refractivity contribution in [2.24, 2.45) is 11.8 Å². The number of carboxylic acids is 1. The smallest absolute Gasteiger partial charge is 0.326 e. The Morgan fingerprint density at radius 1 is 1.25 bits per heavy atom. The molecule has 1 aliphatic heterocycles. The van der Waals surface area contributed by atoms with Crippen LogP contribution in [0, 0.1) is 11.8 Å². The summed E-state index contributed by atoms with van der Waals surface area (Å²) in [5, 5.41) is 11.6. The number of piperidine rings is 1. The van der Waals surface area contributed by atoms with E-state index in [-0.39, 0.29) is 17.7 Å². The first-order chi connectivity index (χ1) is 9.12. The van der Waals surface area contributed by atoms with Gasteiger partial charge in [-0.05, 0) is 18.8 Å². The van der Waals surface area contributed by atoms with E-state index in [1.54, 1.807) is 13.8 Å². The molecule has 1 unspecified atom stereocenters. The second kappa shape index (κ2) is 6.53. The highest BCUT2D eigenvalue weighted by Gasteiger charge is 2.31. The zero-order valence-corrected chi connectivity index (χ0v) is 12.8. The highest BCUT2D eigenvalue weighted by molar-refractivity contribution is 7.88. The Balaban J connectivity index is 2.57. The number of carbonyl (C=O) groups excluding carboxylic acids is 1. The fraction of sp³-hybridized carbons (Fsp3) is 0.833. The van der Waals surface area contributed by atoms with Gasteiger partial charge in [0.1, 0.15) is 6.04 Å². The molecule has 1 amide bonds. The predicted octanol–water partition coefficient (Wildman–Crippen LogP) is -0.117. The zero-order chi connectivity index (χ0) is 15.5. The van der Waals surface area contributed by atoms with Crippen molar-refractivity contribution in [3.8, 4) is 0 Å².